The summed E-state index contributed by atoms with van der Waals surface area (Å²) in [6.45, 7) is 2.74. The van der Waals surface area contributed by atoms with Crippen molar-refractivity contribution in [1.82, 2.24) is 9.55 Å². The Labute approximate surface area is 117 Å². The van der Waals surface area contributed by atoms with Crippen molar-refractivity contribution in [2.45, 2.75) is 13.5 Å². The predicted molar refractivity (Wildman–Crippen MR) is 81.0 cm³/mol. The SMILES string of the molecule is COc1cccc(Cn2c(N)nc3cc(C)ccc32)c1. The van der Waals surface area contributed by atoms with Crippen molar-refractivity contribution in [3.63, 3.8) is 0 Å². The lowest BCUT2D eigenvalue weighted by Crippen LogP contribution is -2.04. The van der Waals surface area contributed by atoms with Crippen molar-refractivity contribution in [3.05, 3.63) is 53.6 Å². The van der Waals surface area contributed by atoms with Crippen LogP contribution in [-0.2, 0) is 6.54 Å². The third-order valence-corrected chi connectivity index (χ3v) is 3.41. The summed E-state index contributed by atoms with van der Waals surface area (Å²) in [4.78, 5) is 4.42. The fourth-order valence-electron chi connectivity index (χ4n) is 2.38. The number of benzene rings is 2. The van der Waals surface area contributed by atoms with Gasteiger partial charge in [0, 0.05) is 0 Å². The Morgan fingerprint density at radius 2 is 2.05 bits per heavy atom. The van der Waals surface area contributed by atoms with E-state index in [0.717, 1.165) is 22.3 Å². The van der Waals surface area contributed by atoms with Crippen molar-refractivity contribution < 1.29 is 4.74 Å². The molecule has 102 valence electrons. The van der Waals surface area contributed by atoms with Crippen molar-refractivity contribution in [1.29, 1.82) is 0 Å². The third-order valence-electron chi connectivity index (χ3n) is 3.41. The Morgan fingerprint density at radius 1 is 1.20 bits per heavy atom. The summed E-state index contributed by atoms with van der Waals surface area (Å²) in [5.41, 5.74) is 10.3. The number of nitrogen functional groups attached to an aromatic ring is 1. The van der Waals surface area contributed by atoms with Crippen LogP contribution in [0.4, 0.5) is 5.95 Å². The average Bonchev–Trinajstić information content (AvgIpc) is 2.74. The number of anilines is 1. The van der Waals surface area contributed by atoms with Gasteiger partial charge in [0.15, 0.2) is 0 Å². The molecule has 0 amide bonds. The molecule has 0 spiro atoms. The van der Waals surface area contributed by atoms with Gasteiger partial charge < -0.3 is 15.0 Å². The highest BCUT2D eigenvalue weighted by Gasteiger charge is 2.09. The van der Waals surface area contributed by atoms with Crippen LogP contribution in [0.5, 0.6) is 5.75 Å². The zero-order valence-electron chi connectivity index (χ0n) is 11.6. The molecule has 3 rings (SSSR count). The molecular weight excluding hydrogens is 250 g/mol. The van der Waals surface area contributed by atoms with Crippen molar-refractivity contribution in [2.24, 2.45) is 0 Å². The fourth-order valence-corrected chi connectivity index (χ4v) is 2.38. The highest BCUT2D eigenvalue weighted by atomic mass is 16.5. The summed E-state index contributed by atoms with van der Waals surface area (Å²) < 4.78 is 7.27. The summed E-state index contributed by atoms with van der Waals surface area (Å²) in [7, 11) is 1.67. The van der Waals surface area contributed by atoms with E-state index in [1.54, 1.807) is 7.11 Å². The second-order valence-corrected chi connectivity index (χ2v) is 4.90. The number of nitrogens with two attached hydrogens (primary N) is 1. The Morgan fingerprint density at radius 3 is 2.85 bits per heavy atom. The minimum absolute atomic E-state index is 0.536. The molecule has 0 saturated carbocycles. The van der Waals surface area contributed by atoms with E-state index >= 15 is 0 Å². The quantitative estimate of drug-likeness (QED) is 0.793. The molecule has 0 saturated heterocycles. The van der Waals surface area contributed by atoms with Gasteiger partial charge >= 0.3 is 0 Å². The second kappa shape index (κ2) is 4.89. The van der Waals surface area contributed by atoms with Gasteiger partial charge in [-0.1, -0.05) is 18.2 Å². The standard InChI is InChI=1S/C16H17N3O/c1-11-6-7-15-14(8-11)18-16(17)19(15)10-12-4-3-5-13(9-12)20-2/h3-9H,10H2,1-2H3,(H2,17,18). The van der Waals surface area contributed by atoms with Crippen molar-refractivity contribution in [2.75, 3.05) is 12.8 Å². The predicted octanol–water partition coefficient (Wildman–Crippen LogP) is 2.98. The van der Waals surface area contributed by atoms with E-state index < -0.39 is 0 Å². The topological polar surface area (TPSA) is 53.1 Å². The summed E-state index contributed by atoms with van der Waals surface area (Å²) >= 11 is 0. The van der Waals surface area contributed by atoms with Crippen LogP contribution in [0.25, 0.3) is 11.0 Å². The third kappa shape index (κ3) is 2.20. The monoisotopic (exact) mass is 267 g/mol. The van der Waals surface area contributed by atoms with Crippen LogP contribution < -0.4 is 10.5 Å². The zero-order chi connectivity index (χ0) is 14.1. The zero-order valence-corrected chi connectivity index (χ0v) is 11.6. The molecule has 3 aromatic rings. The molecule has 0 bridgehead atoms. The van der Waals surface area contributed by atoms with E-state index in [0.29, 0.717) is 12.5 Å². The van der Waals surface area contributed by atoms with Gasteiger partial charge in [0.25, 0.3) is 0 Å². The maximum atomic E-state index is 6.04. The van der Waals surface area contributed by atoms with E-state index in [-0.39, 0.29) is 0 Å². The number of hydrogen-bond donors (Lipinski definition) is 1. The first kappa shape index (κ1) is 12.5. The van der Waals surface area contributed by atoms with Gasteiger partial charge in [0.05, 0.1) is 24.7 Å². The lowest BCUT2D eigenvalue weighted by atomic mass is 10.2. The number of nitrogens with zero attached hydrogens (tertiary/aromatic N) is 2. The molecule has 1 aromatic heterocycles. The molecule has 4 nitrogen and oxygen atoms in total. The van der Waals surface area contributed by atoms with E-state index in [9.17, 15) is 0 Å². The Balaban J connectivity index is 2.03. The van der Waals surface area contributed by atoms with E-state index in [4.69, 9.17) is 10.5 Å². The van der Waals surface area contributed by atoms with Gasteiger partial charge in [0.1, 0.15) is 5.75 Å². The Kier molecular flexibility index (Phi) is 3.06. The van der Waals surface area contributed by atoms with Crippen LogP contribution in [0.1, 0.15) is 11.1 Å². The van der Waals surface area contributed by atoms with E-state index in [2.05, 4.69) is 30.1 Å². The number of ether oxygens (including phenoxy) is 1. The first-order chi connectivity index (χ1) is 9.67. The summed E-state index contributed by atoms with van der Waals surface area (Å²) in [6, 6.07) is 14.2. The number of aryl methyl sites for hydroxylation is 1. The molecule has 0 aliphatic carbocycles. The van der Waals surface area contributed by atoms with Gasteiger partial charge in [0.2, 0.25) is 5.95 Å². The molecule has 0 aliphatic heterocycles. The highest BCUT2D eigenvalue weighted by molar-refractivity contribution is 5.79. The molecule has 0 fully saturated rings. The summed E-state index contributed by atoms with van der Waals surface area (Å²) in [5, 5.41) is 0. The highest BCUT2D eigenvalue weighted by Crippen LogP contribution is 2.22. The molecule has 0 radical (unpaired) electrons. The number of fused-ring (bicyclic) bond motifs is 1. The van der Waals surface area contributed by atoms with E-state index in [1.165, 1.54) is 5.56 Å². The summed E-state index contributed by atoms with van der Waals surface area (Å²) in [5.74, 6) is 1.38. The maximum absolute atomic E-state index is 6.04. The van der Waals surface area contributed by atoms with Crippen LogP contribution in [0.2, 0.25) is 0 Å². The average molecular weight is 267 g/mol. The largest absolute Gasteiger partial charge is 0.497 e. The van der Waals surface area contributed by atoms with Crippen LogP contribution in [0, 0.1) is 6.92 Å². The lowest BCUT2D eigenvalue weighted by molar-refractivity contribution is 0.414. The minimum Gasteiger partial charge on any atom is -0.497 e. The van der Waals surface area contributed by atoms with Crippen molar-refractivity contribution in [3.8, 4) is 5.75 Å². The Hall–Kier alpha value is -2.49. The molecule has 0 aliphatic rings. The van der Waals surface area contributed by atoms with Crippen LogP contribution in [0.3, 0.4) is 0 Å². The lowest BCUT2D eigenvalue weighted by Gasteiger charge is -2.08. The first-order valence-corrected chi connectivity index (χ1v) is 6.52. The molecule has 0 atom stereocenters. The number of rotatable bonds is 3. The first-order valence-electron chi connectivity index (χ1n) is 6.52. The Bertz CT molecular complexity index is 762. The van der Waals surface area contributed by atoms with Gasteiger partial charge in [-0.05, 0) is 42.3 Å². The van der Waals surface area contributed by atoms with Gasteiger partial charge in [-0.15, -0.1) is 0 Å². The van der Waals surface area contributed by atoms with Gasteiger partial charge in [-0.25, -0.2) is 4.98 Å². The number of hydrogen-bond acceptors (Lipinski definition) is 3. The van der Waals surface area contributed by atoms with Gasteiger partial charge in [-0.3, -0.25) is 0 Å². The summed E-state index contributed by atoms with van der Waals surface area (Å²) in [6.07, 6.45) is 0. The molecule has 1 heterocycles. The van der Waals surface area contributed by atoms with E-state index in [1.807, 2.05) is 28.8 Å². The fraction of sp³-hybridized carbons (Fsp3) is 0.188. The number of aromatic nitrogens is 2. The maximum Gasteiger partial charge on any atom is 0.201 e. The minimum atomic E-state index is 0.536. The molecular formula is C16H17N3O. The molecule has 2 N–H and O–H groups in total. The normalized spacial score (nSPS) is 10.9. The van der Waals surface area contributed by atoms with Crippen LogP contribution >= 0.6 is 0 Å². The molecule has 2 aromatic carbocycles. The smallest absolute Gasteiger partial charge is 0.201 e. The van der Waals surface area contributed by atoms with Gasteiger partial charge in [-0.2, -0.15) is 0 Å². The van der Waals surface area contributed by atoms with Crippen molar-refractivity contribution >= 4 is 17.0 Å². The molecule has 20 heavy (non-hydrogen) atoms. The molecule has 4 heteroatoms. The van der Waals surface area contributed by atoms with Crippen LogP contribution in [-0.4, -0.2) is 16.7 Å². The second-order valence-electron chi connectivity index (χ2n) is 4.90. The number of methoxy groups -OCH3 is 1. The number of imidazole rings is 1. The van der Waals surface area contributed by atoms with Crippen LogP contribution in [0.15, 0.2) is 42.5 Å². The molecule has 0 unspecified atom stereocenters.